The highest BCUT2D eigenvalue weighted by Crippen LogP contribution is 2.39. The Morgan fingerprint density at radius 1 is 1.53 bits per heavy atom. The molecule has 2 unspecified atom stereocenters. The SMILES string of the molecule is CNC1(C(N)=O)CCC(Sc2cc(C)cc(C)n2)C1. The van der Waals surface area contributed by atoms with Gasteiger partial charge in [0.2, 0.25) is 5.91 Å². The molecular weight excluding hydrogens is 258 g/mol. The number of rotatable bonds is 4. The second kappa shape index (κ2) is 5.51. The first kappa shape index (κ1) is 14.3. The molecule has 2 rings (SSSR count). The molecule has 1 aliphatic rings. The summed E-state index contributed by atoms with van der Waals surface area (Å²) >= 11 is 1.76. The first-order valence-corrected chi connectivity index (χ1v) is 7.44. The number of likely N-dealkylation sites (N-methyl/N-ethyl adjacent to an activating group) is 1. The van der Waals surface area contributed by atoms with Gasteiger partial charge in [-0.05, 0) is 57.9 Å². The molecule has 1 aliphatic carbocycles. The third-order valence-corrected chi connectivity index (χ3v) is 4.97. The lowest BCUT2D eigenvalue weighted by Crippen LogP contribution is -2.52. The van der Waals surface area contributed by atoms with Crippen molar-refractivity contribution in [3.05, 3.63) is 23.4 Å². The third-order valence-electron chi connectivity index (χ3n) is 3.78. The van der Waals surface area contributed by atoms with Crippen LogP contribution in [0.5, 0.6) is 0 Å². The Balaban J connectivity index is 2.08. The minimum Gasteiger partial charge on any atom is -0.368 e. The van der Waals surface area contributed by atoms with E-state index in [2.05, 4.69) is 29.4 Å². The quantitative estimate of drug-likeness (QED) is 0.881. The van der Waals surface area contributed by atoms with Crippen LogP contribution < -0.4 is 11.1 Å². The van der Waals surface area contributed by atoms with Crippen LogP contribution in [0.4, 0.5) is 0 Å². The number of carbonyl (C=O) groups is 1. The maximum atomic E-state index is 11.6. The minimum atomic E-state index is -0.531. The van der Waals surface area contributed by atoms with Crippen molar-refractivity contribution in [1.29, 1.82) is 0 Å². The van der Waals surface area contributed by atoms with E-state index in [4.69, 9.17) is 5.73 Å². The summed E-state index contributed by atoms with van der Waals surface area (Å²) in [7, 11) is 1.81. The highest BCUT2D eigenvalue weighted by atomic mass is 32.2. The van der Waals surface area contributed by atoms with E-state index in [-0.39, 0.29) is 5.91 Å². The predicted molar refractivity (Wildman–Crippen MR) is 78.2 cm³/mol. The molecule has 1 heterocycles. The molecule has 0 aromatic carbocycles. The van der Waals surface area contributed by atoms with Gasteiger partial charge in [-0.3, -0.25) is 4.79 Å². The fraction of sp³-hybridized carbons (Fsp3) is 0.571. The summed E-state index contributed by atoms with van der Waals surface area (Å²) in [6.07, 6.45) is 2.57. The number of thioether (sulfide) groups is 1. The molecule has 4 nitrogen and oxygen atoms in total. The lowest BCUT2D eigenvalue weighted by molar-refractivity contribution is -0.124. The van der Waals surface area contributed by atoms with Gasteiger partial charge in [-0.2, -0.15) is 0 Å². The van der Waals surface area contributed by atoms with E-state index in [9.17, 15) is 4.79 Å². The number of aryl methyl sites for hydroxylation is 2. The van der Waals surface area contributed by atoms with Crippen LogP contribution in [0.2, 0.25) is 0 Å². The molecule has 1 aromatic heterocycles. The van der Waals surface area contributed by atoms with Crippen molar-refractivity contribution in [2.75, 3.05) is 7.05 Å². The zero-order chi connectivity index (χ0) is 14.0. The third kappa shape index (κ3) is 3.09. The largest absolute Gasteiger partial charge is 0.368 e. The van der Waals surface area contributed by atoms with E-state index in [0.29, 0.717) is 5.25 Å². The molecule has 1 fully saturated rings. The number of pyridine rings is 1. The van der Waals surface area contributed by atoms with Crippen molar-refractivity contribution in [3.63, 3.8) is 0 Å². The normalized spacial score (nSPS) is 26.6. The Labute approximate surface area is 118 Å². The minimum absolute atomic E-state index is 0.244. The van der Waals surface area contributed by atoms with Crippen molar-refractivity contribution in [1.82, 2.24) is 10.3 Å². The molecule has 104 valence electrons. The smallest absolute Gasteiger partial charge is 0.237 e. The number of hydrogen-bond donors (Lipinski definition) is 2. The summed E-state index contributed by atoms with van der Waals surface area (Å²) in [5.74, 6) is -0.244. The summed E-state index contributed by atoms with van der Waals surface area (Å²) in [6.45, 7) is 4.09. The number of nitrogens with two attached hydrogens (primary N) is 1. The van der Waals surface area contributed by atoms with Gasteiger partial charge < -0.3 is 11.1 Å². The molecule has 2 atom stereocenters. The van der Waals surface area contributed by atoms with Crippen LogP contribution in [0.15, 0.2) is 17.2 Å². The number of amides is 1. The fourth-order valence-corrected chi connectivity index (χ4v) is 4.11. The Bertz CT molecular complexity index is 471. The molecule has 0 radical (unpaired) electrons. The van der Waals surface area contributed by atoms with Gasteiger partial charge in [0.25, 0.3) is 0 Å². The van der Waals surface area contributed by atoms with Crippen molar-refractivity contribution < 1.29 is 4.79 Å². The topological polar surface area (TPSA) is 68.0 Å². The number of carbonyl (C=O) groups excluding carboxylic acids is 1. The highest BCUT2D eigenvalue weighted by molar-refractivity contribution is 7.99. The van der Waals surface area contributed by atoms with Crippen molar-refractivity contribution >= 4 is 17.7 Å². The zero-order valence-electron chi connectivity index (χ0n) is 11.7. The monoisotopic (exact) mass is 279 g/mol. The standard InChI is InChI=1S/C14H21N3OS/c1-9-6-10(2)17-12(7-9)19-11-4-5-14(8-11,16-3)13(15)18/h6-7,11,16H,4-5,8H2,1-3H3,(H2,15,18). The summed E-state index contributed by atoms with van der Waals surface area (Å²) in [5.41, 5.74) is 7.25. The second-order valence-electron chi connectivity index (χ2n) is 5.30. The van der Waals surface area contributed by atoms with Gasteiger partial charge in [-0.25, -0.2) is 4.98 Å². The zero-order valence-corrected chi connectivity index (χ0v) is 12.5. The summed E-state index contributed by atoms with van der Waals surface area (Å²) in [4.78, 5) is 16.1. The van der Waals surface area contributed by atoms with Gasteiger partial charge in [0.05, 0.1) is 10.6 Å². The second-order valence-corrected chi connectivity index (χ2v) is 6.62. The highest BCUT2D eigenvalue weighted by Gasteiger charge is 2.43. The molecule has 3 N–H and O–H groups in total. The number of aromatic nitrogens is 1. The number of nitrogens with zero attached hydrogens (tertiary/aromatic N) is 1. The lowest BCUT2D eigenvalue weighted by Gasteiger charge is -2.24. The van der Waals surface area contributed by atoms with Gasteiger partial charge in [0, 0.05) is 10.9 Å². The molecule has 0 spiro atoms. The molecule has 0 aliphatic heterocycles. The molecule has 1 aromatic rings. The van der Waals surface area contributed by atoms with Crippen LogP contribution in [0.1, 0.15) is 30.5 Å². The summed E-state index contributed by atoms with van der Waals surface area (Å²) in [5, 5.41) is 4.54. The maximum Gasteiger partial charge on any atom is 0.237 e. The number of nitrogens with one attached hydrogen (secondary N) is 1. The lowest BCUT2D eigenvalue weighted by atomic mass is 9.97. The Morgan fingerprint density at radius 2 is 2.26 bits per heavy atom. The van der Waals surface area contributed by atoms with E-state index < -0.39 is 5.54 Å². The van der Waals surface area contributed by atoms with E-state index in [0.717, 1.165) is 30.0 Å². The molecule has 0 bridgehead atoms. The van der Waals surface area contributed by atoms with Crippen molar-refractivity contribution in [2.45, 2.75) is 48.9 Å². The van der Waals surface area contributed by atoms with Crippen LogP contribution in [0.3, 0.4) is 0 Å². The maximum absolute atomic E-state index is 11.6. The Kier molecular flexibility index (Phi) is 4.16. The fourth-order valence-electron chi connectivity index (χ4n) is 2.71. The summed E-state index contributed by atoms with van der Waals surface area (Å²) < 4.78 is 0. The Morgan fingerprint density at radius 3 is 2.79 bits per heavy atom. The number of hydrogen-bond acceptors (Lipinski definition) is 4. The van der Waals surface area contributed by atoms with Crippen LogP contribution in [-0.4, -0.2) is 28.7 Å². The Hall–Kier alpha value is -1.07. The molecule has 0 saturated heterocycles. The first-order chi connectivity index (χ1) is 8.95. The molecule has 1 amide bonds. The van der Waals surface area contributed by atoms with Crippen LogP contribution in [0, 0.1) is 13.8 Å². The number of primary amides is 1. The summed E-state index contributed by atoms with van der Waals surface area (Å²) in [6, 6.07) is 4.17. The van der Waals surface area contributed by atoms with E-state index >= 15 is 0 Å². The molecule has 1 saturated carbocycles. The van der Waals surface area contributed by atoms with Gasteiger partial charge in [0.15, 0.2) is 0 Å². The van der Waals surface area contributed by atoms with Gasteiger partial charge in [0.1, 0.15) is 0 Å². The predicted octanol–water partition coefficient (Wildman–Crippen LogP) is 1.79. The van der Waals surface area contributed by atoms with Crippen molar-refractivity contribution in [2.24, 2.45) is 5.73 Å². The van der Waals surface area contributed by atoms with Gasteiger partial charge >= 0.3 is 0 Å². The molecular formula is C14H21N3OS. The van der Waals surface area contributed by atoms with E-state index in [1.165, 1.54) is 5.56 Å². The van der Waals surface area contributed by atoms with Crippen molar-refractivity contribution in [3.8, 4) is 0 Å². The van der Waals surface area contributed by atoms with Crippen LogP contribution in [-0.2, 0) is 4.79 Å². The van der Waals surface area contributed by atoms with Crippen LogP contribution >= 0.6 is 11.8 Å². The molecule has 5 heteroatoms. The average Bonchev–Trinajstić information content (AvgIpc) is 2.72. The average molecular weight is 279 g/mol. The van der Waals surface area contributed by atoms with Crippen LogP contribution in [0.25, 0.3) is 0 Å². The van der Waals surface area contributed by atoms with Gasteiger partial charge in [-0.1, -0.05) is 0 Å². The molecule has 19 heavy (non-hydrogen) atoms. The van der Waals surface area contributed by atoms with E-state index in [1.807, 2.05) is 14.0 Å². The van der Waals surface area contributed by atoms with Gasteiger partial charge in [-0.15, -0.1) is 11.8 Å². The first-order valence-electron chi connectivity index (χ1n) is 6.56. The van der Waals surface area contributed by atoms with E-state index in [1.54, 1.807) is 11.8 Å².